The molecule has 0 spiro atoms. The minimum atomic E-state index is -0.992. The summed E-state index contributed by atoms with van der Waals surface area (Å²) in [5.41, 5.74) is 2.25. The summed E-state index contributed by atoms with van der Waals surface area (Å²) in [6.45, 7) is 11.4. The predicted octanol–water partition coefficient (Wildman–Crippen LogP) is 6.14. The van der Waals surface area contributed by atoms with E-state index in [0.29, 0.717) is 28.5 Å². The minimum Gasteiger partial charge on any atom is -0.497 e. The maximum Gasteiger partial charge on any atom is 0.414 e. The number of benzene rings is 3. The van der Waals surface area contributed by atoms with Gasteiger partial charge in [0.15, 0.2) is 17.3 Å². The molecule has 1 N–H and O–H groups in total. The Labute approximate surface area is 302 Å². The number of rotatable bonds is 12. The first-order valence-electron chi connectivity index (χ1n) is 17.2. The molecule has 0 aromatic heterocycles. The number of methoxy groups -OCH3 is 1. The zero-order valence-electron chi connectivity index (χ0n) is 29.9. The normalized spacial score (nSPS) is 20.1. The number of carbonyl (C=O) groups excluding carboxylic acids is 3. The van der Waals surface area contributed by atoms with Crippen molar-refractivity contribution in [2.24, 2.45) is 5.92 Å². The molecule has 4 atom stereocenters. The van der Waals surface area contributed by atoms with Crippen LogP contribution >= 0.6 is 0 Å². The molecule has 3 amide bonds. The van der Waals surface area contributed by atoms with E-state index in [1.165, 1.54) is 30.3 Å². The number of hydrogen-bond acceptors (Lipinski definition) is 9. The molecule has 1 fully saturated rings. The summed E-state index contributed by atoms with van der Waals surface area (Å²) in [7, 11) is 1.58. The lowest BCUT2D eigenvalue weighted by molar-refractivity contribution is -0.148. The van der Waals surface area contributed by atoms with Gasteiger partial charge in [0.2, 0.25) is 12.7 Å². The fourth-order valence-corrected chi connectivity index (χ4v) is 6.79. The average molecular weight is 718 g/mol. The number of amides is 3. The van der Waals surface area contributed by atoms with E-state index in [1.807, 2.05) is 52.0 Å². The van der Waals surface area contributed by atoms with Crippen LogP contribution in [0.3, 0.4) is 0 Å². The molecule has 0 bridgehead atoms. The smallest absolute Gasteiger partial charge is 0.414 e. The zero-order chi connectivity index (χ0) is 37.2. The molecule has 276 valence electrons. The molecular formula is C39H44FN3O9. The van der Waals surface area contributed by atoms with Crippen LogP contribution in [-0.2, 0) is 25.5 Å². The number of fused-ring (bicyclic) bond motifs is 4. The Bertz CT molecular complexity index is 1800. The van der Waals surface area contributed by atoms with Crippen LogP contribution in [-0.4, -0.2) is 73.8 Å². The summed E-state index contributed by atoms with van der Waals surface area (Å²) in [6, 6.07) is 14.5. The highest BCUT2D eigenvalue weighted by atomic mass is 19.1. The van der Waals surface area contributed by atoms with E-state index in [2.05, 4.69) is 11.9 Å². The number of ether oxygens (including phenoxy) is 6. The van der Waals surface area contributed by atoms with E-state index in [0.717, 1.165) is 5.56 Å². The molecule has 0 radical (unpaired) electrons. The van der Waals surface area contributed by atoms with Crippen LogP contribution in [0.4, 0.5) is 14.9 Å². The summed E-state index contributed by atoms with van der Waals surface area (Å²) in [5, 5.41) is 2.87. The first kappa shape index (κ1) is 36.6. The zero-order valence-corrected chi connectivity index (χ0v) is 29.9. The minimum absolute atomic E-state index is 0.0230. The maximum atomic E-state index is 14.5. The second-order valence-corrected chi connectivity index (χ2v) is 13.7. The molecular weight excluding hydrogens is 673 g/mol. The topological polar surface area (TPSA) is 125 Å². The number of hydrogen-bond donors (Lipinski definition) is 1. The number of nitrogens with one attached hydrogen (secondary N) is 1. The molecule has 13 heteroatoms. The van der Waals surface area contributed by atoms with Crippen molar-refractivity contribution >= 4 is 23.6 Å². The Morgan fingerprint density at radius 1 is 1.06 bits per heavy atom. The van der Waals surface area contributed by atoms with E-state index < -0.39 is 47.9 Å². The van der Waals surface area contributed by atoms with Crippen LogP contribution in [0.1, 0.15) is 61.7 Å². The van der Waals surface area contributed by atoms with E-state index >= 15 is 0 Å². The van der Waals surface area contributed by atoms with Crippen molar-refractivity contribution in [2.45, 2.75) is 70.7 Å². The van der Waals surface area contributed by atoms with Gasteiger partial charge in [-0.3, -0.25) is 14.5 Å². The SMILES string of the molecule is C=CCOC(=O)N1c2cc3c(cc2[C@@H]2OC(C)(C)O[C@H]2[C@@H]1CCN(Cc1ccc(OC)cc1)C(=O)[C@@H](NC(=O)c1ccc(F)cc1)C(C)C)OCO3. The highest BCUT2D eigenvalue weighted by Crippen LogP contribution is 2.52. The third kappa shape index (κ3) is 7.70. The van der Waals surface area contributed by atoms with Gasteiger partial charge in [0, 0.05) is 30.3 Å². The van der Waals surface area contributed by atoms with Gasteiger partial charge >= 0.3 is 6.09 Å². The Morgan fingerprint density at radius 3 is 2.40 bits per heavy atom. The van der Waals surface area contributed by atoms with Crippen LogP contribution < -0.4 is 24.4 Å². The molecule has 1 saturated heterocycles. The van der Waals surface area contributed by atoms with Gasteiger partial charge in [-0.1, -0.05) is 38.6 Å². The first-order valence-corrected chi connectivity index (χ1v) is 17.2. The molecule has 12 nitrogen and oxygen atoms in total. The van der Waals surface area contributed by atoms with Crippen molar-refractivity contribution in [3.8, 4) is 17.2 Å². The fourth-order valence-electron chi connectivity index (χ4n) is 6.79. The molecule has 3 aliphatic heterocycles. The van der Waals surface area contributed by atoms with Gasteiger partial charge in [-0.05, 0) is 74.2 Å². The van der Waals surface area contributed by atoms with Gasteiger partial charge in [-0.25, -0.2) is 9.18 Å². The van der Waals surface area contributed by atoms with Crippen LogP contribution in [0.5, 0.6) is 17.2 Å². The second kappa shape index (κ2) is 15.2. The Hall–Kier alpha value is -5.14. The maximum absolute atomic E-state index is 14.5. The quantitative estimate of drug-likeness (QED) is 0.220. The molecule has 3 aromatic carbocycles. The van der Waals surface area contributed by atoms with Crippen LogP contribution in [0, 0.1) is 11.7 Å². The number of anilines is 1. The highest BCUT2D eigenvalue weighted by Gasteiger charge is 2.54. The summed E-state index contributed by atoms with van der Waals surface area (Å²) in [5.74, 6) is -0.934. The largest absolute Gasteiger partial charge is 0.497 e. The summed E-state index contributed by atoms with van der Waals surface area (Å²) >= 11 is 0. The van der Waals surface area contributed by atoms with Crippen molar-refractivity contribution in [3.05, 3.63) is 95.8 Å². The van der Waals surface area contributed by atoms with Crippen LogP contribution in [0.2, 0.25) is 0 Å². The lowest BCUT2D eigenvalue weighted by Crippen LogP contribution is -2.55. The summed E-state index contributed by atoms with van der Waals surface area (Å²) in [6.07, 6.45) is -0.110. The third-order valence-corrected chi connectivity index (χ3v) is 9.31. The van der Waals surface area contributed by atoms with Crippen molar-refractivity contribution in [3.63, 3.8) is 0 Å². The van der Waals surface area contributed by atoms with Crippen molar-refractivity contribution in [1.29, 1.82) is 0 Å². The molecule has 0 unspecified atom stereocenters. The van der Waals surface area contributed by atoms with Crippen molar-refractivity contribution in [2.75, 3.05) is 32.0 Å². The predicted molar refractivity (Wildman–Crippen MR) is 189 cm³/mol. The van der Waals surface area contributed by atoms with Crippen LogP contribution in [0.15, 0.2) is 73.3 Å². The summed E-state index contributed by atoms with van der Waals surface area (Å²) < 4.78 is 48.8. The molecule has 52 heavy (non-hydrogen) atoms. The standard InChI is InChI=1S/C39H44FN3O9/c1-7-18-48-38(46)43-29(35-34(51-39(4,5)52-35)28-19-31-32(20-30(28)43)50-22-49-31)16-17-42(21-24-8-14-27(47-6)15-9-24)37(45)33(23(2)3)41-36(44)25-10-12-26(40)13-11-25/h7-15,19-20,23,29,33-35H,1,16-18,21-22H2,2-6H3,(H,41,44)/t29-,33-,34-,35-/m0/s1. The Kier molecular flexibility index (Phi) is 10.7. The van der Waals surface area contributed by atoms with Gasteiger partial charge in [0.1, 0.15) is 36.4 Å². The monoisotopic (exact) mass is 717 g/mol. The van der Waals surface area contributed by atoms with Gasteiger partial charge in [0.25, 0.3) is 5.91 Å². The molecule has 0 saturated carbocycles. The van der Waals surface area contributed by atoms with Gasteiger partial charge in [-0.2, -0.15) is 0 Å². The Morgan fingerprint density at radius 2 is 1.75 bits per heavy atom. The highest BCUT2D eigenvalue weighted by molar-refractivity contribution is 5.97. The molecule has 6 rings (SSSR count). The van der Waals surface area contributed by atoms with Gasteiger partial charge in [0.05, 0.1) is 18.8 Å². The summed E-state index contributed by atoms with van der Waals surface area (Å²) in [4.78, 5) is 44.9. The Balaban J connectivity index is 1.35. The van der Waals surface area contributed by atoms with Gasteiger partial charge < -0.3 is 38.6 Å². The van der Waals surface area contributed by atoms with Crippen molar-refractivity contribution in [1.82, 2.24) is 10.2 Å². The van der Waals surface area contributed by atoms with E-state index in [-0.39, 0.29) is 50.3 Å². The lowest BCUT2D eigenvalue weighted by atomic mass is 9.88. The van der Waals surface area contributed by atoms with Gasteiger partial charge in [-0.15, -0.1) is 0 Å². The third-order valence-electron chi connectivity index (χ3n) is 9.31. The first-order chi connectivity index (χ1) is 24.9. The molecule has 3 aliphatic rings. The van der Waals surface area contributed by atoms with Crippen LogP contribution in [0.25, 0.3) is 0 Å². The van der Waals surface area contributed by atoms with E-state index in [9.17, 15) is 18.8 Å². The van der Waals surface area contributed by atoms with E-state index in [4.69, 9.17) is 28.4 Å². The molecule has 3 heterocycles. The van der Waals surface area contributed by atoms with E-state index in [1.54, 1.807) is 29.0 Å². The number of carbonyl (C=O) groups is 3. The fraction of sp³-hybridized carbons (Fsp3) is 0.410. The second-order valence-electron chi connectivity index (χ2n) is 13.7. The average Bonchev–Trinajstić information content (AvgIpc) is 3.72. The number of halogens is 1. The molecule has 0 aliphatic carbocycles. The van der Waals surface area contributed by atoms with Crippen molar-refractivity contribution < 1.29 is 47.2 Å². The lowest BCUT2D eigenvalue weighted by Gasteiger charge is -2.42. The molecule has 3 aromatic rings. The number of nitrogens with zero attached hydrogens (tertiary/aromatic N) is 2.